The molecule has 4 aliphatic carbocycles. The minimum absolute atomic E-state index is 0.114. The number of aliphatic hydroxyl groups is 1. The zero-order valence-corrected chi connectivity index (χ0v) is 14.8. The van der Waals surface area contributed by atoms with E-state index in [1.807, 2.05) is 0 Å². The van der Waals surface area contributed by atoms with E-state index in [0.717, 1.165) is 50.0 Å². The van der Waals surface area contributed by atoms with Crippen LogP contribution in [0.2, 0.25) is 0 Å². The first kappa shape index (κ1) is 15.6. The highest BCUT2D eigenvalue weighted by Crippen LogP contribution is 2.64. The van der Waals surface area contributed by atoms with E-state index in [2.05, 4.69) is 26.0 Å². The molecule has 4 rings (SSSR count). The Hall–Kier alpha value is -0.890. The highest BCUT2D eigenvalue weighted by atomic mass is 16.3. The van der Waals surface area contributed by atoms with Crippen molar-refractivity contribution < 1.29 is 9.90 Å². The second-order valence-electron chi connectivity index (χ2n) is 9.02. The second kappa shape index (κ2) is 5.05. The van der Waals surface area contributed by atoms with Crippen LogP contribution in [0, 0.1) is 28.6 Å². The van der Waals surface area contributed by atoms with Gasteiger partial charge < -0.3 is 5.11 Å². The van der Waals surface area contributed by atoms with Gasteiger partial charge in [0, 0.05) is 0 Å². The Labute approximate surface area is 140 Å². The number of aliphatic hydroxyl groups excluding tert-OH is 1. The van der Waals surface area contributed by atoms with Crippen LogP contribution in [0.15, 0.2) is 23.3 Å². The molecule has 0 aromatic carbocycles. The van der Waals surface area contributed by atoms with Gasteiger partial charge in [0.25, 0.3) is 0 Å². The van der Waals surface area contributed by atoms with Crippen LogP contribution in [0.3, 0.4) is 0 Å². The SMILES string of the molecule is CC(=O)C1=CC[C@H]2[C@@H]3CC=C4C[C@@H](O)CC[C@]4(C)[C@H]3CC[C@@]12C. The van der Waals surface area contributed by atoms with Gasteiger partial charge in [-0.25, -0.2) is 0 Å². The van der Waals surface area contributed by atoms with Gasteiger partial charge in [-0.1, -0.05) is 31.6 Å². The third-order valence-corrected chi connectivity index (χ3v) is 8.04. The van der Waals surface area contributed by atoms with Crippen LogP contribution in [0.5, 0.6) is 0 Å². The maximum Gasteiger partial charge on any atom is 0.156 e. The number of rotatable bonds is 1. The standard InChI is InChI=1S/C21H30O2/c1-13(22)17-6-7-18-16-5-4-14-12-15(23)8-10-20(14,2)19(16)9-11-21(17,18)3/h4,6,15-16,18-19,23H,5,7-12H2,1-3H3/t15-,16-,18-,19-,20-,21-/m0/s1. The molecule has 0 aromatic heterocycles. The number of ketones is 1. The van der Waals surface area contributed by atoms with Crippen LogP contribution in [-0.2, 0) is 4.79 Å². The molecule has 4 aliphatic rings. The van der Waals surface area contributed by atoms with E-state index in [9.17, 15) is 9.90 Å². The van der Waals surface area contributed by atoms with Crippen LogP contribution >= 0.6 is 0 Å². The zero-order chi connectivity index (χ0) is 16.4. The zero-order valence-electron chi connectivity index (χ0n) is 14.8. The summed E-state index contributed by atoms with van der Waals surface area (Å²) < 4.78 is 0. The molecule has 6 atom stereocenters. The van der Waals surface area contributed by atoms with Crippen molar-refractivity contribution in [3.05, 3.63) is 23.3 Å². The lowest BCUT2D eigenvalue weighted by molar-refractivity contribution is -0.115. The predicted octanol–water partition coefficient (Wildman–Crippen LogP) is 4.44. The molecule has 2 fully saturated rings. The summed E-state index contributed by atoms with van der Waals surface area (Å²) in [4.78, 5) is 12.1. The highest BCUT2D eigenvalue weighted by Gasteiger charge is 2.57. The van der Waals surface area contributed by atoms with Gasteiger partial charge in [0.2, 0.25) is 0 Å². The Bertz CT molecular complexity index is 601. The average Bonchev–Trinajstić information content (AvgIpc) is 2.85. The molecule has 0 bridgehead atoms. The third kappa shape index (κ3) is 2.06. The number of hydrogen-bond acceptors (Lipinski definition) is 2. The predicted molar refractivity (Wildman–Crippen MR) is 91.9 cm³/mol. The molecular weight excluding hydrogens is 284 g/mol. The van der Waals surface area contributed by atoms with Gasteiger partial charge in [0.05, 0.1) is 6.10 Å². The van der Waals surface area contributed by atoms with Crippen LogP contribution in [0.4, 0.5) is 0 Å². The summed E-state index contributed by atoms with van der Waals surface area (Å²) in [6.45, 7) is 6.55. The smallest absolute Gasteiger partial charge is 0.156 e. The topological polar surface area (TPSA) is 37.3 Å². The summed E-state index contributed by atoms with van der Waals surface area (Å²) in [6.07, 6.45) is 12.2. The number of carbonyl (C=O) groups is 1. The molecule has 126 valence electrons. The highest BCUT2D eigenvalue weighted by molar-refractivity contribution is 5.95. The maximum absolute atomic E-state index is 12.1. The summed E-state index contributed by atoms with van der Waals surface area (Å²) in [7, 11) is 0. The van der Waals surface area contributed by atoms with Gasteiger partial charge >= 0.3 is 0 Å². The summed E-state index contributed by atoms with van der Waals surface area (Å²) in [6, 6.07) is 0. The van der Waals surface area contributed by atoms with Gasteiger partial charge in [-0.05, 0) is 86.0 Å². The van der Waals surface area contributed by atoms with Crippen molar-refractivity contribution in [2.24, 2.45) is 28.6 Å². The quantitative estimate of drug-likeness (QED) is 0.727. The van der Waals surface area contributed by atoms with Crippen molar-refractivity contribution in [1.82, 2.24) is 0 Å². The van der Waals surface area contributed by atoms with Gasteiger partial charge in [-0.2, -0.15) is 0 Å². The fourth-order valence-corrected chi connectivity index (χ4v) is 6.75. The van der Waals surface area contributed by atoms with Crippen LogP contribution in [0.1, 0.15) is 65.7 Å². The summed E-state index contributed by atoms with van der Waals surface area (Å²) >= 11 is 0. The van der Waals surface area contributed by atoms with E-state index in [0.29, 0.717) is 17.3 Å². The Morgan fingerprint density at radius 2 is 1.83 bits per heavy atom. The molecule has 0 aliphatic heterocycles. The largest absolute Gasteiger partial charge is 0.393 e. The molecule has 0 unspecified atom stereocenters. The van der Waals surface area contributed by atoms with E-state index >= 15 is 0 Å². The number of fused-ring (bicyclic) bond motifs is 5. The molecule has 0 heterocycles. The van der Waals surface area contributed by atoms with Crippen LogP contribution in [0.25, 0.3) is 0 Å². The third-order valence-electron chi connectivity index (χ3n) is 8.04. The molecule has 23 heavy (non-hydrogen) atoms. The van der Waals surface area contributed by atoms with Crippen molar-refractivity contribution in [3.63, 3.8) is 0 Å². The first-order valence-corrected chi connectivity index (χ1v) is 9.45. The summed E-state index contributed by atoms with van der Waals surface area (Å²) in [5, 5.41) is 10.1. The minimum atomic E-state index is -0.128. The van der Waals surface area contributed by atoms with Crippen LogP contribution < -0.4 is 0 Å². The molecular formula is C21H30O2. The Morgan fingerprint density at radius 1 is 1.09 bits per heavy atom. The first-order valence-electron chi connectivity index (χ1n) is 9.45. The first-order chi connectivity index (χ1) is 10.9. The fourth-order valence-electron chi connectivity index (χ4n) is 6.75. The van der Waals surface area contributed by atoms with Gasteiger partial charge in [0.1, 0.15) is 0 Å². The monoisotopic (exact) mass is 314 g/mol. The van der Waals surface area contributed by atoms with Crippen molar-refractivity contribution in [2.75, 3.05) is 0 Å². The van der Waals surface area contributed by atoms with Crippen molar-refractivity contribution >= 4 is 5.78 Å². The molecule has 0 radical (unpaired) electrons. The number of hydrogen-bond donors (Lipinski definition) is 1. The van der Waals surface area contributed by atoms with Gasteiger partial charge in [-0.3, -0.25) is 4.79 Å². The molecule has 0 saturated heterocycles. The molecule has 1 N–H and O–H groups in total. The fraction of sp³-hybridized carbons (Fsp3) is 0.762. The maximum atomic E-state index is 12.1. The van der Waals surface area contributed by atoms with E-state index in [1.54, 1.807) is 6.92 Å². The van der Waals surface area contributed by atoms with E-state index in [1.165, 1.54) is 12.0 Å². The van der Waals surface area contributed by atoms with Crippen molar-refractivity contribution in [2.45, 2.75) is 71.8 Å². The Balaban J connectivity index is 1.67. The molecule has 2 saturated carbocycles. The molecule has 2 nitrogen and oxygen atoms in total. The van der Waals surface area contributed by atoms with E-state index < -0.39 is 0 Å². The molecule has 0 spiro atoms. The number of allylic oxidation sites excluding steroid dienone is 3. The summed E-state index contributed by atoms with van der Waals surface area (Å²) in [5.74, 6) is 2.38. The Kier molecular flexibility index (Phi) is 3.43. The van der Waals surface area contributed by atoms with Gasteiger partial charge in [0.15, 0.2) is 5.78 Å². The lowest BCUT2D eigenvalue weighted by Crippen LogP contribution is -2.50. The number of carbonyl (C=O) groups excluding carboxylic acids is 1. The lowest BCUT2D eigenvalue weighted by atomic mass is 9.47. The molecule has 0 aromatic rings. The van der Waals surface area contributed by atoms with Crippen LogP contribution in [-0.4, -0.2) is 17.0 Å². The second-order valence-corrected chi connectivity index (χ2v) is 9.02. The summed E-state index contributed by atoms with van der Waals surface area (Å²) in [5.41, 5.74) is 3.05. The minimum Gasteiger partial charge on any atom is -0.393 e. The molecule has 2 heteroatoms. The average molecular weight is 314 g/mol. The lowest BCUT2D eigenvalue weighted by Gasteiger charge is -2.57. The van der Waals surface area contributed by atoms with Crippen molar-refractivity contribution in [3.8, 4) is 0 Å². The van der Waals surface area contributed by atoms with Gasteiger partial charge in [-0.15, -0.1) is 0 Å². The van der Waals surface area contributed by atoms with E-state index in [-0.39, 0.29) is 17.3 Å². The number of Topliss-reactive ketones (excluding diaryl/α,β-unsaturated/α-hetero) is 1. The Morgan fingerprint density at radius 3 is 2.57 bits per heavy atom. The van der Waals surface area contributed by atoms with E-state index in [4.69, 9.17) is 0 Å². The molecule has 0 amide bonds. The van der Waals surface area contributed by atoms with Crippen molar-refractivity contribution in [1.29, 1.82) is 0 Å². The normalized spacial score (nSPS) is 48.7.